The molecule has 3 heterocycles. The largest absolute Gasteiger partial charge is 0.381 e. The highest BCUT2D eigenvalue weighted by Crippen LogP contribution is 2.40. The Kier molecular flexibility index (Phi) is 11.7. The Morgan fingerprint density at radius 2 is 1.95 bits per heavy atom. The van der Waals surface area contributed by atoms with Gasteiger partial charge in [-0.25, -0.2) is 4.39 Å². The van der Waals surface area contributed by atoms with Gasteiger partial charge in [-0.1, -0.05) is 26.8 Å². The summed E-state index contributed by atoms with van der Waals surface area (Å²) in [6, 6.07) is 4.66. The summed E-state index contributed by atoms with van der Waals surface area (Å²) in [7, 11) is 1.80. The van der Waals surface area contributed by atoms with Crippen molar-refractivity contribution in [2.24, 2.45) is 27.2 Å². The number of rotatable bonds is 7. The van der Waals surface area contributed by atoms with E-state index >= 15 is 0 Å². The van der Waals surface area contributed by atoms with E-state index in [1.165, 1.54) is 37.8 Å². The lowest BCUT2D eigenvalue weighted by molar-refractivity contribution is -0.121. The summed E-state index contributed by atoms with van der Waals surface area (Å²) in [5.41, 5.74) is 2.77. The van der Waals surface area contributed by atoms with Crippen molar-refractivity contribution in [3.63, 3.8) is 0 Å². The van der Waals surface area contributed by atoms with E-state index in [0.717, 1.165) is 62.3 Å². The van der Waals surface area contributed by atoms with Gasteiger partial charge >= 0.3 is 0 Å². The van der Waals surface area contributed by atoms with E-state index in [2.05, 4.69) is 33.8 Å². The third-order valence-corrected chi connectivity index (χ3v) is 8.07. The van der Waals surface area contributed by atoms with Crippen molar-refractivity contribution >= 4 is 24.1 Å². The number of nitrogens with zero attached hydrogens (tertiary/aromatic N) is 4. The van der Waals surface area contributed by atoms with Crippen LogP contribution in [0.3, 0.4) is 0 Å². The molecular weight excluding hydrogens is 493 g/mol. The highest BCUT2D eigenvalue weighted by molar-refractivity contribution is 6.00. The quantitative estimate of drug-likeness (QED) is 0.385. The van der Waals surface area contributed by atoms with Crippen LogP contribution >= 0.6 is 0 Å². The highest BCUT2D eigenvalue weighted by atomic mass is 19.1. The smallest absolute Gasteiger partial charge is 0.229 e. The number of amidine groups is 1. The summed E-state index contributed by atoms with van der Waals surface area (Å²) in [6.07, 6.45) is 7.13. The predicted molar refractivity (Wildman–Crippen MR) is 159 cm³/mol. The lowest BCUT2D eigenvalue weighted by Crippen LogP contribution is -2.61. The maximum Gasteiger partial charge on any atom is 0.229 e. The van der Waals surface area contributed by atoms with Crippen molar-refractivity contribution in [1.82, 2.24) is 10.2 Å². The summed E-state index contributed by atoms with van der Waals surface area (Å²) >= 11 is 0. The van der Waals surface area contributed by atoms with Gasteiger partial charge in [0.1, 0.15) is 11.7 Å². The lowest BCUT2D eigenvalue weighted by Gasteiger charge is -2.54. The molecule has 216 valence electrons. The number of amides is 1. The van der Waals surface area contributed by atoms with Gasteiger partial charge in [-0.05, 0) is 76.0 Å². The van der Waals surface area contributed by atoms with Gasteiger partial charge in [-0.3, -0.25) is 14.8 Å². The highest BCUT2D eigenvalue weighted by Gasteiger charge is 2.45. The van der Waals surface area contributed by atoms with Gasteiger partial charge in [0.2, 0.25) is 5.91 Å². The SMILES string of the molecule is C=N/C=C(/Cc1ccc(F)cc1N(CC)C(=O)C(C)C)C(=NC)N1CC2(CCNCC2)C1.CC1CCOCC1. The number of benzene rings is 1. The van der Waals surface area contributed by atoms with Crippen LogP contribution in [0.2, 0.25) is 0 Å². The van der Waals surface area contributed by atoms with Gasteiger partial charge in [-0.2, -0.15) is 0 Å². The average Bonchev–Trinajstić information content (AvgIpc) is 2.91. The number of carbonyl (C=O) groups is 1. The van der Waals surface area contributed by atoms with E-state index in [1.54, 1.807) is 24.2 Å². The number of likely N-dealkylation sites (tertiary alicyclic amines) is 1. The minimum absolute atomic E-state index is 0.0216. The number of halogens is 1. The van der Waals surface area contributed by atoms with Crippen molar-refractivity contribution in [2.75, 3.05) is 57.9 Å². The number of aliphatic imine (C=N–C) groups is 2. The predicted octanol–water partition coefficient (Wildman–Crippen LogP) is 5.11. The van der Waals surface area contributed by atoms with Gasteiger partial charge in [0.15, 0.2) is 0 Å². The summed E-state index contributed by atoms with van der Waals surface area (Å²) in [5.74, 6) is 1.26. The van der Waals surface area contributed by atoms with Crippen LogP contribution in [-0.4, -0.2) is 76.3 Å². The first-order chi connectivity index (χ1) is 18.7. The maximum absolute atomic E-state index is 14.2. The molecular formula is C31H48FN5O2. The number of piperidine rings is 1. The van der Waals surface area contributed by atoms with Crippen molar-refractivity contribution in [3.8, 4) is 0 Å². The molecule has 7 nitrogen and oxygen atoms in total. The molecule has 1 amide bonds. The zero-order valence-corrected chi connectivity index (χ0v) is 24.6. The zero-order valence-electron chi connectivity index (χ0n) is 24.6. The van der Waals surface area contributed by atoms with Crippen molar-refractivity contribution in [3.05, 3.63) is 41.4 Å². The zero-order chi connectivity index (χ0) is 28.4. The number of carbonyl (C=O) groups excluding carboxylic acids is 1. The fraction of sp³-hybridized carbons (Fsp3) is 0.645. The molecule has 0 aromatic heterocycles. The Labute approximate surface area is 234 Å². The van der Waals surface area contributed by atoms with Crippen LogP contribution in [-0.2, 0) is 16.0 Å². The third kappa shape index (κ3) is 8.21. The number of nitrogens with one attached hydrogen (secondary N) is 1. The Hall–Kier alpha value is -2.58. The topological polar surface area (TPSA) is 69.5 Å². The van der Waals surface area contributed by atoms with Crippen LogP contribution in [0.4, 0.5) is 10.1 Å². The molecule has 3 aliphatic rings. The normalized spacial score (nSPS) is 19.8. The molecule has 1 aromatic carbocycles. The van der Waals surface area contributed by atoms with Gasteiger partial charge in [0.05, 0.1) is 5.69 Å². The molecule has 0 bridgehead atoms. The van der Waals surface area contributed by atoms with E-state index in [-0.39, 0.29) is 17.6 Å². The van der Waals surface area contributed by atoms with Gasteiger partial charge in [0.25, 0.3) is 0 Å². The molecule has 1 aromatic rings. The van der Waals surface area contributed by atoms with E-state index in [0.29, 0.717) is 24.1 Å². The first-order valence-electron chi connectivity index (χ1n) is 14.5. The number of hydrogen-bond donors (Lipinski definition) is 1. The second-order valence-corrected chi connectivity index (χ2v) is 11.5. The van der Waals surface area contributed by atoms with Gasteiger partial charge in [0, 0.05) is 69.4 Å². The Balaban J connectivity index is 0.000000520. The van der Waals surface area contributed by atoms with Crippen LogP contribution in [0.1, 0.15) is 58.9 Å². The Morgan fingerprint density at radius 1 is 1.28 bits per heavy atom. The van der Waals surface area contributed by atoms with Crippen LogP contribution in [0.25, 0.3) is 0 Å². The second-order valence-electron chi connectivity index (χ2n) is 11.5. The van der Waals surface area contributed by atoms with E-state index in [1.807, 2.05) is 20.8 Å². The molecule has 3 aliphatic heterocycles. The summed E-state index contributed by atoms with van der Waals surface area (Å²) in [6.45, 7) is 18.1. The van der Waals surface area contributed by atoms with Crippen molar-refractivity contribution < 1.29 is 13.9 Å². The van der Waals surface area contributed by atoms with Crippen LogP contribution < -0.4 is 10.2 Å². The molecule has 0 unspecified atom stereocenters. The fourth-order valence-corrected chi connectivity index (χ4v) is 5.68. The van der Waals surface area contributed by atoms with Crippen molar-refractivity contribution in [2.45, 2.75) is 59.8 Å². The Bertz CT molecular complexity index is 1020. The Morgan fingerprint density at radius 3 is 2.46 bits per heavy atom. The van der Waals surface area contributed by atoms with E-state index < -0.39 is 0 Å². The minimum Gasteiger partial charge on any atom is -0.381 e. The molecule has 1 N–H and O–H groups in total. The van der Waals surface area contributed by atoms with Gasteiger partial charge in [-0.15, -0.1) is 0 Å². The molecule has 3 saturated heterocycles. The van der Waals surface area contributed by atoms with Crippen LogP contribution in [0.5, 0.6) is 0 Å². The average molecular weight is 542 g/mol. The first kappa shape index (κ1) is 31.0. The lowest BCUT2D eigenvalue weighted by atomic mass is 9.72. The monoisotopic (exact) mass is 541 g/mol. The maximum atomic E-state index is 14.2. The molecule has 0 saturated carbocycles. The molecule has 0 aliphatic carbocycles. The molecule has 0 atom stereocenters. The number of anilines is 1. The number of hydrogen-bond acceptors (Lipinski definition) is 5. The van der Waals surface area contributed by atoms with E-state index in [4.69, 9.17) is 4.74 Å². The number of ether oxygens (including phenoxy) is 1. The molecule has 4 rings (SSSR count). The third-order valence-electron chi connectivity index (χ3n) is 8.07. The molecule has 0 radical (unpaired) electrons. The summed E-state index contributed by atoms with van der Waals surface area (Å²) < 4.78 is 19.3. The molecule has 39 heavy (non-hydrogen) atoms. The van der Waals surface area contributed by atoms with Crippen LogP contribution in [0, 0.1) is 23.1 Å². The summed E-state index contributed by atoms with van der Waals surface area (Å²) in [5, 5.41) is 3.44. The fourth-order valence-electron chi connectivity index (χ4n) is 5.68. The second kappa shape index (κ2) is 14.7. The summed E-state index contributed by atoms with van der Waals surface area (Å²) in [4.78, 5) is 25.4. The van der Waals surface area contributed by atoms with E-state index in [9.17, 15) is 9.18 Å². The molecule has 3 fully saturated rings. The standard InChI is InChI=1S/C25H36FN5O.C6H12O/c1-6-31(24(32)18(2)3)22-14-21(26)8-7-19(22)13-20(15-27-4)23(28-5)30-16-25(17-30)9-11-29-12-10-25;1-6-2-4-7-5-3-6/h7-8,14-15,18,29H,4,6,9-13,16-17H2,1-3,5H3;6H,2-5H2,1H3/b20-15-,28-23?;. The van der Waals surface area contributed by atoms with Crippen LogP contribution in [0.15, 0.2) is 40.0 Å². The minimum atomic E-state index is -0.355. The first-order valence-corrected chi connectivity index (χ1v) is 14.5. The van der Waals surface area contributed by atoms with Gasteiger partial charge < -0.3 is 19.9 Å². The van der Waals surface area contributed by atoms with Crippen molar-refractivity contribution in [1.29, 1.82) is 0 Å². The molecule has 1 spiro atoms. The molecule has 8 heteroatoms.